The molecule has 2 aromatic rings. The van der Waals surface area contributed by atoms with E-state index in [1.165, 1.54) is 11.1 Å². The van der Waals surface area contributed by atoms with Crippen molar-refractivity contribution in [2.24, 2.45) is 0 Å². The normalized spacial score (nSPS) is 21.2. The first-order chi connectivity index (χ1) is 12.2. The van der Waals surface area contributed by atoms with Gasteiger partial charge in [-0.25, -0.2) is 9.97 Å². The molecule has 0 spiro atoms. The summed E-state index contributed by atoms with van der Waals surface area (Å²) >= 11 is 0. The van der Waals surface area contributed by atoms with Crippen LogP contribution in [0.3, 0.4) is 0 Å². The lowest BCUT2D eigenvalue weighted by molar-refractivity contribution is 0.153. The lowest BCUT2D eigenvalue weighted by atomic mass is 10.0. The molecule has 1 unspecified atom stereocenters. The number of piperidine rings is 1. The number of anilines is 1. The number of rotatable bonds is 3. The van der Waals surface area contributed by atoms with Crippen molar-refractivity contribution in [1.82, 2.24) is 14.9 Å². The lowest BCUT2D eigenvalue weighted by Crippen LogP contribution is -2.41. The minimum atomic E-state index is -0.238. The fraction of sp³-hybridized carbons (Fsp3) is 0.500. The van der Waals surface area contributed by atoms with Gasteiger partial charge in [0.2, 0.25) is 0 Å². The number of aryl methyl sites for hydroxylation is 1. The van der Waals surface area contributed by atoms with Gasteiger partial charge in [-0.2, -0.15) is 0 Å². The maximum Gasteiger partial charge on any atom is 0.135 e. The van der Waals surface area contributed by atoms with Gasteiger partial charge < -0.3 is 10.0 Å². The maximum absolute atomic E-state index is 10.0. The second kappa shape index (κ2) is 7.10. The summed E-state index contributed by atoms with van der Waals surface area (Å²) < 4.78 is 0. The third kappa shape index (κ3) is 3.67. The van der Waals surface area contributed by atoms with Gasteiger partial charge in [-0.05, 0) is 31.7 Å². The molecule has 5 nitrogen and oxygen atoms in total. The zero-order chi connectivity index (χ0) is 17.2. The van der Waals surface area contributed by atoms with E-state index in [9.17, 15) is 5.11 Å². The Labute approximate surface area is 149 Å². The summed E-state index contributed by atoms with van der Waals surface area (Å²) in [5, 5.41) is 10.0. The SMILES string of the molecule is Cc1nc2c(c(N3CCCC(O)C3)n1)CCN(Cc1ccccc1)C2. The highest BCUT2D eigenvalue weighted by Gasteiger charge is 2.27. The van der Waals surface area contributed by atoms with E-state index in [0.717, 1.165) is 62.8 Å². The van der Waals surface area contributed by atoms with E-state index in [4.69, 9.17) is 9.97 Å². The van der Waals surface area contributed by atoms with Gasteiger partial charge in [-0.1, -0.05) is 30.3 Å². The van der Waals surface area contributed by atoms with Crippen molar-refractivity contribution in [3.8, 4) is 0 Å². The Hall–Kier alpha value is -1.98. The van der Waals surface area contributed by atoms with Crippen molar-refractivity contribution in [2.75, 3.05) is 24.5 Å². The minimum Gasteiger partial charge on any atom is -0.391 e. The van der Waals surface area contributed by atoms with Crippen molar-refractivity contribution in [3.05, 3.63) is 53.0 Å². The van der Waals surface area contributed by atoms with E-state index < -0.39 is 0 Å². The van der Waals surface area contributed by atoms with Crippen molar-refractivity contribution in [1.29, 1.82) is 0 Å². The van der Waals surface area contributed by atoms with Crippen LogP contribution in [0.4, 0.5) is 5.82 Å². The third-order valence-electron chi connectivity index (χ3n) is 5.18. The molecule has 25 heavy (non-hydrogen) atoms. The summed E-state index contributed by atoms with van der Waals surface area (Å²) in [5.74, 6) is 1.89. The fourth-order valence-corrected chi connectivity index (χ4v) is 3.97. The van der Waals surface area contributed by atoms with Gasteiger partial charge in [0.1, 0.15) is 11.6 Å². The number of aromatic nitrogens is 2. The molecule has 1 atom stereocenters. The van der Waals surface area contributed by atoms with Crippen LogP contribution in [0.5, 0.6) is 0 Å². The molecule has 2 aliphatic heterocycles. The average Bonchev–Trinajstić information content (AvgIpc) is 2.61. The van der Waals surface area contributed by atoms with Crippen LogP contribution in [0.2, 0.25) is 0 Å². The van der Waals surface area contributed by atoms with Crippen molar-refractivity contribution in [2.45, 2.75) is 45.4 Å². The fourth-order valence-electron chi connectivity index (χ4n) is 3.97. The topological polar surface area (TPSA) is 52.5 Å². The molecule has 0 aliphatic carbocycles. The minimum absolute atomic E-state index is 0.238. The molecule has 0 radical (unpaired) electrons. The second-order valence-corrected chi connectivity index (χ2v) is 7.21. The Balaban J connectivity index is 1.56. The molecule has 1 saturated heterocycles. The van der Waals surface area contributed by atoms with Crippen LogP contribution in [0.25, 0.3) is 0 Å². The van der Waals surface area contributed by atoms with Crippen LogP contribution in [-0.4, -0.2) is 45.7 Å². The summed E-state index contributed by atoms with van der Waals surface area (Å²) in [6.45, 7) is 6.50. The van der Waals surface area contributed by atoms with E-state index in [2.05, 4.69) is 40.1 Å². The lowest BCUT2D eigenvalue weighted by Gasteiger charge is -2.35. The molecule has 3 heterocycles. The molecule has 5 heteroatoms. The number of fused-ring (bicyclic) bond motifs is 1. The molecule has 1 aromatic carbocycles. The quantitative estimate of drug-likeness (QED) is 0.931. The third-order valence-corrected chi connectivity index (χ3v) is 5.18. The Kier molecular flexibility index (Phi) is 4.68. The highest BCUT2D eigenvalue weighted by molar-refractivity contribution is 5.51. The Morgan fingerprint density at radius 3 is 2.80 bits per heavy atom. The van der Waals surface area contributed by atoms with Gasteiger partial charge in [0, 0.05) is 38.3 Å². The molecule has 132 valence electrons. The van der Waals surface area contributed by atoms with Crippen LogP contribution in [-0.2, 0) is 19.5 Å². The monoisotopic (exact) mass is 338 g/mol. The van der Waals surface area contributed by atoms with E-state index in [1.54, 1.807) is 0 Å². The molecule has 0 bridgehead atoms. The number of nitrogens with zero attached hydrogens (tertiary/aromatic N) is 4. The summed E-state index contributed by atoms with van der Waals surface area (Å²) in [5.41, 5.74) is 3.78. The van der Waals surface area contributed by atoms with Crippen LogP contribution >= 0.6 is 0 Å². The molecule has 4 rings (SSSR count). The number of benzene rings is 1. The zero-order valence-corrected chi connectivity index (χ0v) is 14.9. The van der Waals surface area contributed by atoms with Gasteiger partial charge in [-0.15, -0.1) is 0 Å². The molecule has 0 amide bonds. The number of β-amino-alcohol motifs (C(OH)–C–C–N with tert-alkyl or cyclic N) is 1. The Morgan fingerprint density at radius 1 is 1.16 bits per heavy atom. The molecular formula is C20H26N4O. The van der Waals surface area contributed by atoms with E-state index in [0.29, 0.717) is 6.54 Å². The molecule has 1 aromatic heterocycles. The van der Waals surface area contributed by atoms with Crippen molar-refractivity contribution >= 4 is 5.82 Å². The van der Waals surface area contributed by atoms with Crippen LogP contribution < -0.4 is 4.90 Å². The Morgan fingerprint density at radius 2 is 2.00 bits per heavy atom. The standard InChI is InChI=1S/C20H26N4O/c1-15-21-19-14-23(12-16-6-3-2-4-7-16)11-9-18(19)20(22-15)24-10-5-8-17(25)13-24/h2-4,6-7,17,25H,5,8-14H2,1H3. The Bertz CT molecular complexity index is 734. The molecule has 1 fully saturated rings. The number of aliphatic hydroxyl groups excluding tert-OH is 1. The first-order valence-corrected chi connectivity index (χ1v) is 9.25. The summed E-state index contributed by atoms with van der Waals surface area (Å²) in [6, 6.07) is 10.6. The van der Waals surface area contributed by atoms with Crippen molar-refractivity contribution < 1.29 is 5.11 Å². The first kappa shape index (κ1) is 16.5. The summed E-state index contributed by atoms with van der Waals surface area (Å²) in [4.78, 5) is 14.2. The van der Waals surface area contributed by atoms with Crippen LogP contribution in [0, 0.1) is 6.92 Å². The predicted octanol–water partition coefficient (Wildman–Crippen LogP) is 2.30. The van der Waals surface area contributed by atoms with Gasteiger partial charge in [0.25, 0.3) is 0 Å². The zero-order valence-electron chi connectivity index (χ0n) is 14.9. The van der Waals surface area contributed by atoms with E-state index >= 15 is 0 Å². The number of hydrogen-bond acceptors (Lipinski definition) is 5. The predicted molar refractivity (Wildman–Crippen MR) is 98.5 cm³/mol. The number of aliphatic hydroxyl groups is 1. The highest BCUT2D eigenvalue weighted by Crippen LogP contribution is 2.29. The van der Waals surface area contributed by atoms with E-state index in [-0.39, 0.29) is 6.10 Å². The smallest absolute Gasteiger partial charge is 0.135 e. The first-order valence-electron chi connectivity index (χ1n) is 9.25. The van der Waals surface area contributed by atoms with Gasteiger partial charge in [0.15, 0.2) is 0 Å². The van der Waals surface area contributed by atoms with Crippen LogP contribution in [0.1, 0.15) is 35.5 Å². The van der Waals surface area contributed by atoms with Gasteiger partial charge >= 0.3 is 0 Å². The number of hydrogen-bond donors (Lipinski definition) is 1. The van der Waals surface area contributed by atoms with Crippen molar-refractivity contribution in [3.63, 3.8) is 0 Å². The van der Waals surface area contributed by atoms with Gasteiger partial charge in [0.05, 0.1) is 11.8 Å². The molecular weight excluding hydrogens is 312 g/mol. The molecule has 2 aliphatic rings. The van der Waals surface area contributed by atoms with Crippen LogP contribution in [0.15, 0.2) is 30.3 Å². The summed E-state index contributed by atoms with van der Waals surface area (Å²) in [7, 11) is 0. The summed E-state index contributed by atoms with van der Waals surface area (Å²) in [6.07, 6.45) is 2.66. The largest absolute Gasteiger partial charge is 0.391 e. The van der Waals surface area contributed by atoms with E-state index in [1.807, 2.05) is 6.92 Å². The van der Waals surface area contributed by atoms with Gasteiger partial charge in [-0.3, -0.25) is 4.90 Å². The highest BCUT2D eigenvalue weighted by atomic mass is 16.3. The molecule has 0 saturated carbocycles. The average molecular weight is 338 g/mol. The second-order valence-electron chi connectivity index (χ2n) is 7.21. The molecule has 1 N–H and O–H groups in total. The maximum atomic E-state index is 10.0.